The van der Waals surface area contributed by atoms with Crippen LogP contribution in [-0.4, -0.2) is 35.3 Å². The zero-order valence-corrected chi connectivity index (χ0v) is 11.8. The maximum atomic E-state index is 10.0. The van der Waals surface area contributed by atoms with Crippen molar-refractivity contribution in [3.63, 3.8) is 0 Å². The van der Waals surface area contributed by atoms with Crippen LogP contribution in [0.5, 0.6) is 0 Å². The molecule has 19 heavy (non-hydrogen) atoms. The van der Waals surface area contributed by atoms with Crippen molar-refractivity contribution in [1.82, 2.24) is 5.32 Å². The van der Waals surface area contributed by atoms with Gasteiger partial charge < -0.3 is 15.5 Å². The Morgan fingerprint density at radius 2 is 1.79 bits per heavy atom. The number of alkyl halides is 1. The molecule has 1 fully saturated rings. The minimum atomic E-state index is -0.846. The fraction of sp³-hybridized carbons (Fsp3) is 0.600. The van der Waals surface area contributed by atoms with Gasteiger partial charge in [0.1, 0.15) is 6.10 Å². The predicted molar refractivity (Wildman–Crippen MR) is 77.6 cm³/mol. The summed E-state index contributed by atoms with van der Waals surface area (Å²) >= 11 is 5.58. The fourth-order valence-electron chi connectivity index (χ4n) is 2.61. The van der Waals surface area contributed by atoms with E-state index in [1.807, 2.05) is 12.1 Å². The minimum absolute atomic E-state index is 0.353. The number of nitrogens with one attached hydrogen (secondary N) is 1. The van der Waals surface area contributed by atoms with Crippen molar-refractivity contribution < 1.29 is 10.2 Å². The largest absolute Gasteiger partial charge is 0.390 e. The van der Waals surface area contributed by atoms with Crippen LogP contribution in [0.3, 0.4) is 0 Å². The fourth-order valence-corrected chi connectivity index (χ4v) is 2.84. The first-order valence-electron chi connectivity index (χ1n) is 6.95. The zero-order chi connectivity index (χ0) is 13.7. The molecular weight excluding hydrogens is 262 g/mol. The summed E-state index contributed by atoms with van der Waals surface area (Å²) in [6, 6.07) is 7.98. The molecule has 0 amide bonds. The molecule has 0 saturated carbocycles. The topological polar surface area (TPSA) is 52.5 Å². The van der Waals surface area contributed by atoms with Gasteiger partial charge in [0.2, 0.25) is 0 Å². The number of hydrogen-bond acceptors (Lipinski definition) is 3. The minimum Gasteiger partial charge on any atom is -0.390 e. The van der Waals surface area contributed by atoms with Crippen LogP contribution in [0.15, 0.2) is 24.3 Å². The van der Waals surface area contributed by atoms with Gasteiger partial charge in [0.05, 0.1) is 6.10 Å². The number of aliphatic hydroxyl groups excluding tert-OH is 2. The predicted octanol–water partition coefficient (Wildman–Crippen LogP) is 2.18. The smallest absolute Gasteiger partial charge is 0.105 e. The maximum Gasteiger partial charge on any atom is 0.105 e. The van der Waals surface area contributed by atoms with Crippen molar-refractivity contribution in [3.05, 3.63) is 35.4 Å². The second-order valence-electron chi connectivity index (χ2n) is 5.18. The van der Waals surface area contributed by atoms with Crippen LogP contribution >= 0.6 is 11.6 Å². The van der Waals surface area contributed by atoms with E-state index in [0.29, 0.717) is 18.2 Å². The number of rotatable bonds is 5. The molecule has 2 rings (SSSR count). The summed E-state index contributed by atoms with van der Waals surface area (Å²) in [6.07, 6.45) is 1.09. The molecule has 0 bridgehead atoms. The SMILES string of the molecule is OC(CCCl)C(O)c1ccc(C2CCNCC2)cc1. The van der Waals surface area contributed by atoms with Crippen LogP contribution in [-0.2, 0) is 0 Å². The Balaban J connectivity index is 2.01. The van der Waals surface area contributed by atoms with E-state index >= 15 is 0 Å². The number of hydrogen-bond donors (Lipinski definition) is 3. The van der Waals surface area contributed by atoms with Crippen molar-refractivity contribution in [3.8, 4) is 0 Å². The van der Waals surface area contributed by atoms with Crippen LogP contribution in [0.25, 0.3) is 0 Å². The normalized spacial score (nSPS) is 20.2. The second-order valence-corrected chi connectivity index (χ2v) is 5.56. The Labute approximate surface area is 119 Å². The average molecular weight is 284 g/mol. The molecule has 1 aromatic rings. The van der Waals surface area contributed by atoms with Gasteiger partial charge in [0.25, 0.3) is 0 Å². The highest BCUT2D eigenvalue weighted by atomic mass is 35.5. The average Bonchev–Trinajstić information content (AvgIpc) is 2.48. The van der Waals surface area contributed by atoms with E-state index in [-0.39, 0.29) is 0 Å². The summed E-state index contributed by atoms with van der Waals surface area (Å²) in [4.78, 5) is 0. The van der Waals surface area contributed by atoms with E-state index < -0.39 is 12.2 Å². The van der Waals surface area contributed by atoms with Gasteiger partial charge in [-0.15, -0.1) is 11.6 Å². The molecule has 1 saturated heterocycles. The molecule has 106 valence electrons. The number of benzene rings is 1. The number of aliphatic hydroxyl groups is 2. The van der Waals surface area contributed by atoms with Crippen LogP contribution in [0, 0.1) is 0 Å². The van der Waals surface area contributed by atoms with Gasteiger partial charge in [0.15, 0.2) is 0 Å². The van der Waals surface area contributed by atoms with Crippen LogP contribution in [0.4, 0.5) is 0 Å². The van der Waals surface area contributed by atoms with Crippen molar-refractivity contribution in [2.24, 2.45) is 0 Å². The third-order valence-corrected chi connectivity index (χ3v) is 4.08. The molecule has 0 aromatic heterocycles. The Kier molecular flexibility index (Phi) is 5.64. The molecule has 4 heteroatoms. The standard InChI is InChI=1S/C15H22ClNO2/c16-8-5-14(18)15(19)13-3-1-11(2-4-13)12-6-9-17-10-7-12/h1-4,12,14-15,17-19H,5-10H2. The molecule has 1 aliphatic heterocycles. The third kappa shape index (κ3) is 3.93. The molecular formula is C15H22ClNO2. The summed E-state index contributed by atoms with van der Waals surface area (Å²) in [6.45, 7) is 2.15. The van der Waals surface area contributed by atoms with E-state index in [9.17, 15) is 10.2 Å². The van der Waals surface area contributed by atoms with Crippen LogP contribution in [0.1, 0.15) is 42.4 Å². The first kappa shape index (κ1) is 14.8. The van der Waals surface area contributed by atoms with Crippen molar-refractivity contribution >= 4 is 11.6 Å². The highest BCUT2D eigenvalue weighted by molar-refractivity contribution is 6.17. The molecule has 2 unspecified atom stereocenters. The molecule has 2 atom stereocenters. The van der Waals surface area contributed by atoms with E-state index in [1.54, 1.807) is 0 Å². The Morgan fingerprint density at radius 1 is 1.16 bits per heavy atom. The highest BCUT2D eigenvalue weighted by Crippen LogP contribution is 2.27. The van der Waals surface area contributed by atoms with Gasteiger partial charge in [-0.25, -0.2) is 0 Å². The van der Waals surface area contributed by atoms with Crippen molar-refractivity contribution in [2.45, 2.75) is 37.4 Å². The lowest BCUT2D eigenvalue weighted by Crippen LogP contribution is -2.26. The van der Waals surface area contributed by atoms with E-state index in [4.69, 9.17) is 11.6 Å². The van der Waals surface area contributed by atoms with Gasteiger partial charge in [-0.1, -0.05) is 24.3 Å². The van der Waals surface area contributed by atoms with Crippen LogP contribution in [0.2, 0.25) is 0 Å². The van der Waals surface area contributed by atoms with Gasteiger partial charge >= 0.3 is 0 Å². The molecule has 1 heterocycles. The summed E-state index contributed by atoms with van der Waals surface area (Å²) in [5, 5.41) is 23.1. The van der Waals surface area contributed by atoms with Gasteiger partial charge in [-0.2, -0.15) is 0 Å². The zero-order valence-electron chi connectivity index (χ0n) is 11.1. The monoisotopic (exact) mass is 283 g/mol. The van der Waals surface area contributed by atoms with E-state index in [0.717, 1.165) is 31.5 Å². The quantitative estimate of drug-likeness (QED) is 0.726. The first-order valence-corrected chi connectivity index (χ1v) is 7.48. The molecule has 1 aliphatic rings. The molecule has 0 aliphatic carbocycles. The molecule has 3 nitrogen and oxygen atoms in total. The molecule has 0 spiro atoms. The second kappa shape index (κ2) is 7.25. The molecule has 1 aromatic carbocycles. The summed E-state index contributed by atoms with van der Waals surface area (Å²) in [5.74, 6) is 0.964. The van der Waals surface area contributed by atoms with Crippen molar-refractivity contribution in [1.29, 1.82) is 0 Å². The maximum absolute atomic E-state index is 10.0. The lowest BCUT2D eigenvalue weighted by atomic mass is 9.89. The van der Waals surface area contributed by atoms with E-state index in [1.165, 1.54) is 5.56 Å². The summed E-state index contributed by atoms with van der Waals surface area (Å²) < 4.78 is 0. The van der Waals surface area contributed by atoms with Crippen molar-refractivity contribution in [2.75, 3.05) is 19.0 Å². The summed E-state index contributed by atoms with van der Waals surface area (Å²) in [5.41, 5.74) is 2.08. The van der Waals surface area contributed by atoms with Gasteiger partial charge in [-0.3, -0.25) is 0 Å². The lowest BCUT2D eigenvalue weighted by Gasteiger charge is -2.24. The van der Waals surface area contributed by atoms with Gasteiger partial charge in [0, 0.05) is 5.88 Å². The Morgan fingerprint density at radius 3 is 2.37 bits per heavy atom. The molecule has 3 N–H and O–H groups in total. The number of piperidine rings is 1. The first-order chi connectivity index (χ1) is 9.22. The van der Waals surface area contributed by atoms with Gasteiger partial charge in [-0.05, 0) is 49.4 Å². The number of halogens is 1. The Hall–Kier alpha value is -0.610. The van der Waals surface area contributed by atoms with E-state index in [2.05, 4.69) is 17.4 Å². The molecule has 0 radical (unpaired) electrons. The van der Waals surface area contributed by atoms with Crippen LogP contribution < -0.4 is 5.32 Å². The summed E-state index contributed by atoms with van der Waals surface area (Å²) in [7, 11) is 0. The Bertz CT molecular complexity index is 376. The highest BCUT2D eigenvalue weighted by Gasteiger charge is 2.19. The third-order valence-electron chi connectivity index (χ3n) is 3.86. The lowest BCUT2D eigenvalue weighted by molar-refractivity contribution is 0.0170.